The fourth-order valence-electron chi connectivity index (χ4n) is 1.64. The standard InChI is InChI=1S/C14H28Cl2O4/c15-9-13(17)11-19-7-5-3-1-2-4-6-8-20-12-14(18)10-16/h13-14,17-18H,1-12H2. The molecule has 0 aromatic rings. The van der Waals surface area contributed by atoms with Gasteiger partial charge in [0.15, 0.2) is 0 Å². The third-order valence-electron chi connectivity index (χ3n) is 2.80. The quantitative estimate of drug-likeness (QED) is 0.358. The lowest BCUT2D eigenvalue weighted by Gasteiger charge is -2.08. The van der Waals surface area contributed by atoms with Crippen LogP contribution in [0.2, 0.25) is 0 Å². The number of alkyl halides is 2. The summed E-state index contributed by atoms with van der Waals surface area (Å²) in [6.07, 6.45) is 5.60. The molecule has 0 heterocycles. The molecule has 0 aromatic carbocycles. The fourth-order valence-corrected chi connectivity index (χ4v) is 1.82. The van der Waals surface area contributed by atoms with Crippen LogP contribution in [0.1, 0.15) is 38.5 Å². The number of rotatable bonds is 15. The van der Waals surface area contributed by atoms with Crippen molar-refractivity contribution in [2.45, 2.75) is 50.7 Å². The Morgan fingerprint density at radius 3 is 1.35 bits per heavy atom. The lowest BCUT2D eigenvalue weighted by atomic mass is 10.1. The highest BCUT2D eigenvalue weighted by Gasteiger charge is 2.01. The van der Waals surface area contributed by atoms with Gasteiger partial charge in [-0.25, -0.2) is 0 Å². The van der Waals surface area contributed by atoms with Gasteiger partial charge in [0, 0.05) is 13.2 Å². The minimum absolute atomic E-state index is 0.226. The lowest BCUT2D eigenvalue weighted by molar-refractivity contribution is 0.0450. The van der Waals surface area contributed by atoms with Crippen molar-refractivity contribution in [1.82, 2.24) is 0 Å². The van der Waals surface area contributed by atoms with Gasteiger partial charge in [0.1, 0.15) is 0 Å². The van der Waals surface area contributed by atoms with Gasteiger partial charge in [-0.2, -0.15) is 0 Å². The number of ether oxygens (including phenoxy) is 2. The highest BCUT2D eigenvalue weighted by atomic mass is 35.5. The lowest BCUT2D eigenvalue weighted by Crippen LogP contribution is -2.17. The smallest absolute Gasteiger partial charge is 0.0908 e. The van der Waals surface area contributed by atoms with Crippen LogP contribution < -0.4 is 0 Å². The van der Waals surface area contributed by atoms with Crippen LogP contribution in [0.25, 0.3) is 0 Å². The predicted octanol–water partition coefficient (Wildman–Crippen LogP) is 2.56. The molecule has 0 spiro atoms. The number of halogens is 2. The Labute approximate surface area is 132 Å². The molecule has 2 atom stereocenters. The van der Waals surface area contributed by atoms with E-state index >= 15 is 0 Å². The number of aliphatic hydroxyl groups excluding tert-OH is 2. The summed E-state index contributed by atoms with van der Waals surface area (Å²) < 4.78 is 10.6. The van der Waals surface area contributed by atoms with Gasteiger partial charge in [-0.05, 0) is 12.8 Å². The van der Waals surface area contributed by atoms with E-state index in [0.29, 0.717) is 26.4 Å². The van der Waals surface area contributed by atoms with Crippen molar-refractivity contribution < 1.29 is 19.7 Å². The summed E-state index contributed by atoms with van der Waals surface area (Å²) in [6, 6.07) is 0. The molecule has 0 aliphatic carbocycles. The van der Waals surface area contributed by atoms with E-state index in [1.165, 1.54) is 12.8 Å². The van der Waals surface area contributed by atoms with Gasteiger partial charge in [-0.3, -0.25) is 0 Å². The SMILES string of the molecule is OC(CCl)COCCCCCCCCOCC(O)CCl. The summed E-state index contributed by atoms with van der Waals surface area (Å²) in [5.74, 6) is 0.452. The molecule has 6 heteroatoms. The maximum absolute atomic E-state index is 9.16. The van der Waals surface area contributed by atoms with Crippen molar-refractivity contribution in [2.24, 2.45) is 0 Å². The van der Waals surface area contributed by atoms with Crippen molar-refractivity contribution in [3.8, 4) is 0 Å². The zero-order valence-corrected chi connectivity index (χ0v) is 13.6. The van der Waals surface area contributed by atoms with Crippen molar-refractivity contribution in [3.05, 3.63) is 0 Å². The maximum atomic E-state index is 9.16. The molecule has 2 N–H and O–H groups in total. The van der Waals surface area contributed by atoms with Crippen LogP contribution in [0.4, 0.5) is 0 Å². The Kier molecular flexibility index (Phi) is 16.1. The van der Waals surface area contributed by atoms with Crippen molar-refractivity contribution in [2.75, 3.05) is 38.2 Å². The monoisotopic (exact) mass is 330 g/mol. The normalized spacial score (nSPS) is 14.4. The van der Waals surface area contributed by atoms with Crippen molar-refractivity contribution in [1.29, 1.82) is 0 Å². The second kappa shape index (κ2) is 15.8. The molecule has 4 nitrogen and oxygen atoms in total. The van der Waals surface area contributed by atoms with Gasteiger partial charge in [-0.1, -0.05) is 25.7 Å². The first-order chi connectivity index (χ1) is 9.70. The summed E-state index contributed by atoms with van der Waals surface area (Å²) in [5, 5.41) is 18.3. The van der Waals surface area contributed by atoms with Gasteiger partial charge in [0.25, 0.3) is 0 Å². The molecule has 20 heavy (non-hydrogen) atoms. The Balaban J connectivity index is 3.03. The van der Waals surface area contributed by atoms with E-state index in [-0.39, 0.29) is 11.8 Å². The first-order valence-electron chi connectivity index (χ1n) is 7.34. The summed E-state index contributed by atoms with van der Waals surface area (Å²) in [7, 11) is 0. The first-order valence-corrected chi connectivity index (χ1v) is 8.41. The predicted molar refractivity (Wildman–Crippen MR) is 82.8 cm³/mol. The third-order valence-corrected chi connectivity index (χ3v) is 3.52. The summed E-state index contributed by atoms with van der Waals surface area (Å²) in [4.78, 5) is 0. The molecular formula is C14H28Cl2O4. The molecule has 0 aliphatic rings. The molecule has 0 rings (SSSR count). The Morgan fingerprint density at radius 2 is 1.00 bits per heavy atom. The summed E-state index contributed by atoms with van der Waals surface area (Å²) in [6.45, 7) is 2.03. The van der Waals surface area contributed by atoms with E-state index in [1.54, 1.807) is 0 Å². The maximum Gasteiger partial charge on any atom is 0.0908 e. The van der Waals surface area contributed by atoms with E-state index in [4.69, 9.17) is 42.9 Å². The van der Waals surface area contributed by atoms with Crippen LogP contribution in [0, 0.1) is 0 Å². The Hall–Kier alpha value is 0.420. The van der Waals surface area contributed by atoms with E-state index in [2.05, 4.69) is 0 Å². The second-order valence-electron chi connectivity index (χ2n) is 4.89. The summed E-state index contributed by atoms with van der Waals surface area (Å²) in [5.41, 5.74) is 0. The van der Waals surface area contributed by atoms with E-state index in [9.17, 15) is 0 Å². The molecule has 0 saturated carbocycles. The topological polar surface area (TPSA) is 58.9 Å². The minimum atomic E-state index is -0.547. The Bertz CT molecular complexity index is 176. The Morgan fingerprint density at radius 1 is 0.650 bits per heavy atom. The molecule has 0 aromatic heterocycles. The highest BCUT2D eigenvalue weighted by molar-refractivity contribution is 6.18. The van der Waals surface area contributed by atoms with Crippen molar-refractivity contribution in [3.63, 3.8) is 0 Å². The number of unbranched alkanes of at least 4 members (excludes halogenated alkanes) is 5. The molecule has 122 valence electrons. The van der Waals surface area contributed by atoms with Crippen LogP contribution in [0.3, 0.4) is 0 Å². The number of hydrogen-bond acceptors (Lipinski definition) is 4. The summed E-state index contributed by atoms with van der Waals surface area (Å²) >= 11 is 10.9. The molecule has 0 bridgehead atoms. The van der Waals surface area contributed by atoms with Gasteiger partial charge in [0.2, 0.25) is 0 Å². The number of aliphatic hydroxyl groups is 2. The van der Waals surface area contributed by atoms with Crippen LogP contribution in [0.15, 0.2) is 0 Å². The molecule has 0 fully saturated rings. The van der Waals surface area contributed by atoms with Crippen LogP contribution in [-0.2, 0) is 9.47 Å². The van der Waals surface area contributed by atoms with Gasteiger partial charge < -0.3 is 19.7 Å². The van der Waals surface area contributed by atoms with E-state index < -0.39 is 12.2 Å². The third kappa shape index (κ3) is 14.8. The second-order valence-corrected chi connectivity index (χ2v) is 5.50. The minimum Gasteiger partial charge on any atom is -0.389 e. The molecule has 0 amide bonds. The van der Waals surface area contributed by atoms with Gasteiger partial charge in [0.05, 0.1) is 37.2 Å². The van der Waals surface area contributed by atoms with Crippen molar-refractivity contribution >= 4 is 23.2 Å². The molecule has 0 aliphatic heterocycles. The highest BCUT2D eigenvalue weighted by Crippen LogP contribution is 2.06. The van der Waals surface area contributed by atoms with Crippen LogP contribution >= 0.6 is 23.2 Å². The van der Waals surface area contributed by atoms with E-state index in [1.807, 2.05) is 0 Å². The average molecular weight is 331 g/mol. The molecular weight excluding hydrogens is 303 g/mol. The zero-order valence-electron chi connectivity index (χ0n) is 12.1. The van der Waals surface area contributed by atoms with E-state index in [0.717, 1.165) is 25.7 Å². The number of hydrogen-bond donors (Lipinski definition) is 2. The molecule has 0 saturated heterocycles. The van der Waals surface area contributed by atoms with Gasteiger partial charge >= 0.3 is 0 Å². The average Bonchev–Trinajstić information content (AvgIpc) is 2.47. The first kappa shape index (κ1) is 20.4. The molecule has 2 unspecified atom stereocenters. The largest absolute Gasteiger partial charge is 0.389 e. The van der Waals surface area contributed by atoms with Crippen LogP contribution in [-0.4, -0.2) is 60.6 Å². The van der Waals surface area contributed by atoms with Gasteiger partial charge in [-0.15, -0.1) is 23.2 Å². The molecule has 0 radical (unpaired) electrons. The van der Waals surface area contributed by atoms with Crippen LogP contribution in [0.5, 0.6) is 0 Å². The zero-order chi connectivity index (χ0) is 15.1. The fraction of sp³-hybridized carbons (Fsp3) is 1.00.